The summed E-state index contributed by atoms with van der Waals surface area (Å²) < 4.78 is 11.6. The van der Waals surface area contributed by atoms with Crippen molar-refractivity contribution in [1.29, 1.82) is 0 Å². The Kier molecular flexibility index (Phi) is 5.60. The molecule has 1 aromatic heterocycles. The molecule has 4 heteroatoms. The van der Waals surface area contributed by atoms with Crippen LogP contribution >= 0.6 is 0 Å². The Balaban J connectivity index is 1.52. The summed E-state index contributed by atoms with van der Waals surface area (Å²) in [7, 11) is 0. The number of rotatable bonds is 7. The van der Waals surface area contributed by atoms with Gasteiger partial charge in [-0.2, -0.15) is 0 Å². The fourth-order valence-electron chi connectivity index (χ4n) is 3.25. The van der Waals surface area contributed by atoms with E-state index < -0.39 is 0 Å². The van der Waals surface area contributed by atoms with E-state index in [0.717, 1.165) is 39.3 Å². The zero-order chi connectivity index (χ0) is 14.3. The van der Waals surface area contributed by atoms with Crippen molar-refractivity contribution in [2.24, 2.45) is 0 Å². The maximum atomic E-state index is 5.81. The van der Waals surface area contributed by atoms with Crippen LogP contribution in [-0.2, 0) is 15.9 Å². The van der Waals surface area contributed by atoms with E-state index in [-0.39, 0.29) is 0 Å². The third-order valence-corrected chi connectivity index (χ3v) is 4.44. The zero-order valence-electron chi connectivity index (χ0n) is 12.7. The first-order valence-electron chi connectivity index (χ1n) is 8.24. The van der Waals surface area contributed by atoms with E-state index in [1.807, 2.05) is 12.4 Å². The fraction of sp³-hybridized carbons (Fsp3) is 0.706. The van der Waals surface area contributed by atoms with E-state index in [4.69, 9.17) is 9.47 Å². The van der Waals surface area contributed by atoms with Crippen molar-refractivity contribution in [3.8, 4) is 0 Å². The molecule has 0 amide bonds. The molecule has 0 N–H and O–H groups in total. The minimum Gasteiger partial charge on any atom is -0.377 e. The van der Waals surface area contributed by atoms with E-state index in [1.54, 1.807) is 0 Å². The lowest BCUT2D eigenvalue weighted by Gasteiger charge is -2.27. The van der Waals surface area contributed by atoms with Crippen molar-refractivity contribution in [3.05, 3.63) is 30.1 Å². The standard InChI is InChI=1S/C17H26N2O2/c1-3-16(20-11-1)13-19(14-17-4-2-12-21-17)10-7-15-5-8-18-9-6-15/h5-6,8-9,16-17H,1-4,7,10-14H2/t16-,17-/m0/s1. The van der Waals surface area contributed by atoms with Crippen LogP contribution in [0.2, 0.25) is 0 Å². The summed E-state index contributed by atoms with van der Waals surface area (Å²) >= 11 is 0. The summed E-state index contributed by atoms with van der Waals surface area (Å²) in [5.41, 5.74) is 1.36. The second-order valence-corrected chi connectivity index (χ2v) is 6.14. The molecule has 3 heterocycles. The molecular weight excluding hydrogens is 264 g/mol. The first-order chi connectivity index (χ1) is 10.4. The summed E-state index contributed by atoms with van der Waals surface area (Å²) in [6.45, 7) is 5.03. The average Bonchev–Trinajstić information content (AvgIpc) is 3.20. The highest BCUT2D eigenvalue weighted by Crippen LogP contribution is 2.17. The Morgan fingerprint density at radius 2 is 1.62 bits per heavy atom. The Morgan fingerprint density at radius 3 is 2.14 bits per heavy atom. The van der Waals surface area contributed by atoms with Gasteiger partial charge in [0.1, 0.15) is 0 Å². The molecule has 4 nitrogen and oxygen atoms in total. The van der Waals surface area contributed by atoms with Crippen molar-refractivity contribution in [3.63, 3.8) is 0 Å². The van der Waals surface area contributed by atoms with Gasteiger partial charge in [0.2, 0.25) is 0 Å². The molecule has 0 radical (unpaired) electrons. The highest BCUT2D eigenvalue weighted by Gasteiger charge is 2.23. The third kappa shape index (κ3) is 4.77. The lowest BCUT2D eigenvalue weighted by Crippen LogP contribution is -2.39. The molecule has 0 bridgehead atoms. The van der Waals surface area contributed by atoms with Crippen molar-refractivity contribution in [1.82, 2.24) is 9.88 Å². The highest BCUT2D eigenvalue weighted by atomic mass is 16.5. The van der Waals surface area contributed by atoms with Gasteiger partial charge in [0.05, 0.1) is 12.2 Å². The maximum absolute atomic E-state index is 5.81. The maximum Gasteiger partial charge on any atom is 0.0702 e. The summed E-state index contributed by atoms with van der Waals surface area (Å²) in [5.74, 6) is 0. The molecular formula is C17H26N2O2. The second kappa shape index (κ2) is 7.87. The Morgan fingerprint density at radius 1 is 1.00 bits per heavy atom. The van der Waals surface area contributed by atoms with Gasteiger partial charge in [-0.15, -0.1) is 0 Å². The summed E-state index contributed by atoms with van der Waals surface area (Å²) in [4.78, 5) is 6.62. The van der Waals surface area contributed by atoms with Gasteiger partial charge in [-0.05, 0) is 49.8 Å². The molecule has 0 unspecified atom stereocenters. The molecule has 1 aromatic rings. The van der Waals surface area contributed by atoms with Crippen LogP contribution in [0.1, 0.15) is 31.2 Å². The number of hydrogen-bond donors (Lipinski definition) is 0. The van der Waals surface area contributed by atoms with Crippen LogP contribution in [-0.4, -0.2) is 54.9 Å². The highest BCUT2D eigenvalue weighted by molar-refractivity contribution is 5.09. The number of nitrogens with zero attached hydrogens (tertiary/aromatic N) is 2. The molecule has 0 saturated carbocycles. The Bertz CT molecular complexity index is 383. The Labute approximate surface area is 127 Å². The second-order valence-electron chi connectivity index (χ2n) is 6.14. The molecule has 0 aromatic carbocycles. The summed E-state index contributed by atoms with van der Waals surface area (Å²) in [6.07, 6.45) is 10.5. The molecule has 2 aliphatic rings. The lowest BCUT2D eigenvalue weighted by molar-refractivity contribution is 0.0380. The fourth-order valence-corrected chi connectivity index (χ4v) is 3.25. The first-order valence-corrected chi connectivity index (χ1v) is 8.24. The molecule has 0 aliphatic carbocycles. The van der Waals surface area contributed by atoms with Crippen LogP contribution in [0.4, 0.5) is 0 Å². The summed E-state index contributed by atoms with van der Waals surface area (Å²) in [6, 6.07) is 4.21. The number of pyridine rings is 1. The van der Waals surface area contributed by atoms with Crippen LogP contribution in [0.5, 0.6) is 0 Å². The average molecular weight is 290 g/mol. The predicted molar refractivity (Wildman–Crippen MR) is 82.3 cm³/mol. The van der Waals surface area contributed by atoms with E-state index in [1.165, 1.54) is 31.2 Å². The SMILES string of the molecule is c1cc(CCN(C[C@@H]2CCCO2)C[C@@H]2CCCO2)ccn1. The molecule has 21 heavy (non-hydrogen) atoms. The molecule has 2 fully saturated rings. The van der Waals surface area contributed by atoms with Gasteiger partial charge in [-0.1, -0.05) is 0 Å². The normalized spacial score (nSPS) is 25.8. The molecule has 0 spiro atoms. The minimum absolute atomic E-state index is 0.420. The number of ether oxygens (including phenoxy) is 2. The van der Waals surface area contributed by atoms with E-state index in [9.17, 15) is 0 Å². The van der Waals surface area contributed by atoms with Gasteiger partial charge in [0.15, 0.2) is 0 Å². The van der Waals surface area contributed by atoms with Crippen LogP contribution in [0.25, 0.3) is 0 Å². The van der Waals surface area contributed by atoms with E-state index in [0.29, 0.717) is 12.2 Å². The van der Waals surface area contributed by atoms with Crippen LogP contribution in [0, 0.1) is 0 Å². The van der Waals surface area contributed by atoms with Crippen molar-refractivity contribution >= 4 is 0 Å². The first kappa shape index (κ1) is 14.9. The number of hydrogen-bond acceptors (Lipinski definition) is 4. The van der Waals surface area contributed by atoms with Gasteiger partial charge in [-0.25, -0.2) is 0 Å². The lowest BCUT2D eigenvalue weighted by atomic mass is 10.1. The van der Waals surface area contributed by atoms with Crippen LogP contribution in [0.3, 0.4) is 0 Å². The number of aromatic nitrogens is 1. The van der Waals surface area contributed by atoms with Crippen molar-refractivity contribution in [2.45, 2.75) is 44.3 Å². The monoisotopic (exact) mass is 290 g/mol. The van der Waals surface area contributed by atoms with Crippen molar-refractivity contribution < 1.29 is 9.47 Å². The van der Waals surface area contributed by atoms with Gasteiger partial charge in [0, 0.05) is 45.2 Å². The molecule has 116 valence electrons. The summed E-state index contributed by atoms with van der Waals surface area (Å²) in [5, 5.41) is 0. The van der Waals surface area contributed by atoms with E-state index >= 15 is 0 Å². The van der Waals surface area contributed by atoms with Gasteiger partial charge in [0.25, 0.3) is 0 Å². The largest absolute Gasteiger partial charge is 0.377 e. The molecule has 2 saturated heterocycles. The van der Waals surface area contributed by atoms with E-state index in [2.05, 4.69) is 22.0 Å². The topological polar surface area (TPSA) is 34.6 Å². The van der Waals surface area contributed by atoms with Gasteiger partial charge < -0.3 is 9.47 Å². The molecule has 3 rings (SSSR count). The molecule has 2 aliphatic heterocycles. The van der Waals surface area contributed by atoms with Crippen molar-refractivity contribution in [2.75, 3.05) is 32.8 Å². The van der Waals surface area contributed by atoms with Crippen LogP contribution in [0.15, 0.2) is 24.5 Å². The predicted octanol–water partition coefficient (Wildman–Crippen LogP) is 2.28. The third-order valence-electron chi connectivity index (χ3n) is 4.44. The molecule has 2 atom stereocenters. The quantitative estimate of drug-likeness (QED) is 0.771. The smallest absolute Gasteiger partial charge is 0.0702 e. The van der Waals surface area contributed by atoms with Crippen LogP contribution < -0.4 is 0 Å². The minimum atomic E-state index is 0.420. The Hall–Kier alpha value is -0.970. The van der Waals surface area contributed by atoms with Gasteiger partial charge in [-0.3, -0.25) is 9.88 Å². The van der Waals surface area contributed by atoms with Gasteiger partial charge >= 0.3 is 0 Å². The zero-order valence-corrected chi connectivity index (χ0v) is 12.7.